The number of rotatable bonds is 9. The molecule has 4 aromatic rings. The molecular weight excluding hydrogens is 669 g/mol. The first kappa shape index (κ1) is 34.7. The van der Waals surface area contributed by atoms with E-state index in [9.17, 15) is 0 Å². The van der Waals surface area contributed by atoms with Gasteiger partial charge >= 0.3 is 0 Å². The molecule has 7 rings (SSSR count). The highest BCUT2D eigenvalue weighted by Gasteiger charge is 2.41. The number of likely N-dealkylation sites (N-methyl/N-ethyl adjacent to an activating group) is 2. The molecule has 0 saturated carbocycles. The molecule has 0 spiro atoms. The van der Waals surface area contributed by atoms with Crippen LogP contribution >= 0.6 is 34.9 Å². The van der Waals surface area contributed by atoms with Crippen LogP contribution in [0.1, 0.15) is 69.2 Å². The number of allylic oxidation sites excluding steroid dienone is 6. The fourth-order valence-corrected chi connectivity index (χ4v) is 11.0. The van der Waals surface area contributed by atoms with Gasteiger partial charge in [0.25, 0.3) is 0 Å². The van der Waals surface area contributed by atoms with Gasteiger partial charge in [0.2, 0.25) is 0 Å². The molecule has 0 N–H and O–H groups in total. The normalized spacial score (nSPS) is 21.0. The lowest BCUT2D eigenvalue weighted by Gasteiger charge is -2.30. The second-order valence-corrected chi connectivity index (χ2v) is 17.9. The standard InChI is InChI=1S/C43H46N4S3/c1-8-29-20-22-30(23-21-29)28-48-40-44-45-41(50-40)49-39-31(24-26-37-42(2,3)33-16-9-11-18-35(33)46(37)6)14-13-15-32(39)25-27-38-43(4,5)34-17-10-12-19-36(34)47(38)7/h8-12,16-27,37H,1,13-15,28H2,2-7H3/b26-24+,32-25+,38-27+. The van der Waals surface area contributed by atoms with E-state index in [2.05, 4.69) is 160 Å². The zero-order chi connectivity index (χ0) is 35.0. The first-order chi connectivity index (χ1) is 24.1. The lowest BCUT2D eigenvalue weighted by atomic mass is 9.80. The first-order valence-corrected chi connectivity index (χ1v) is 20.0. The Balaban J connectivity index is 1.21. The number of aromatic nitrogens is 2. The summed E-state index contributed by atoms with van der Waals surface area (Å²) in [6, 6.07) is 26.5. The zero-order valence-corrected chi connectivity index (χ0v) is 32.4. The van der Waals surface area contributed by atoms with E-state index in [0.717, 1.165) is 39.3 Å². The highest BCUT2D eigenvalue weighted by Crippen LogP contribution is 2.49. The maximum atomic E-state index is 4.70. The zero-order valence-electron chi connectivity index (χ0n) is 29.9. The topological polar surface area (TPSA) is 32.3 Å². The number of hydrogen-bond acceptors (Lipinski definition) is 7. The fourth-order valence-electron chi connectivity index (χ4n) is 7.81. The SMILES string of the molecule is C=Cc1ccc(CSc2nnc(SC3=C(/C=C/C4N(C)c5ccccc5C4(C)C)CCC/C3=C\C=C3\N(C)c4ccccc4C3(C)C)s2)cc1. The predicted octanol–water partition coefficient (Wildman–Crippen LogP) is 11.6. The third kappa shape index (κ3) is 6.56. The lowest BCUT2D eigenvalue weighted by Crippen LogP contribution is -2.37. The summed E-state index contributed by atoms with van der Waals surface area (Å²) >= 11 is 5.25. The molecular formula is C43H46N4S3. The van der Waals surface area contributed by atoms with Gasteiger partial charge in [-0.15, -0.1) is 10.2 Å². The monoisotopic (exact) mass is 714 g/mol. The molecule has 7 heteroatoms. The molecule has 0 saturated heterocycles. The summed E-state index contributed by atoms with van der Waals surface area (Å²) in [5.74, 6) is 0.866. The lowest BCUT2D eigenvalue weighted by molar-refractivity contribution is 0.487. The van der Waals surface area contributed by atoms with Crippen molar-refractivity contribution in [2.45, 2.75) is 78.3 Å². The molecule has 3 aromatic carbocycles. The maximum Gasteiger partial charge on any atom is 0.179 e. The van der Waals surface area contributed by atoms with Crippen molar-refractivity contribution < 1.29 is 0 Å². The molecule has 3 heterocycles. The van der Waals surface area contributed by atoms with E-state index in [1.165, 1.54) is 49.8 Å². The van der Waals surface area contributed by atoms with Gasteiger partial charge in [-0.3, -0.25) is 0 Å². The average Bonchev–Trinajstić information content (AvgIpc) is 3.71. The quantitative estimate of drug-likeness (QED) is 0.161. The van der Waals surface area contributed by atoms with Gasteiger partial charge in [-0.2, -0.15) is 0 Å². The number of nitrogens with zero attached hydrogens (tertiary/aromatic N) is 4. The van der Waals surface area contributed by atoms with Crippen LogP contribution in [-0.4, -0.2) is 30.3 Å². The summed E-state index contributed by atoms with van der Waals surface area (Å²) in [6.45, 7) is 13.3. The van der Waals surface area contributed by atoms with Gasteiger partial charge in [-0.1, -0.05) is 154 Å². The third-order valence-corrected chi connectivity index (χ3v) is 14.0. The van der Waals surface area contributed by atoms with Gasteiger partial charge < -0.3 is 9.80 Å². The molecule has 3 aliphatic rings. The maximum absolute atomic E-state index is 4.70. The van der Waals surface area contributed by atoms with Crippen molar-refractivity contribution in [2.75, 3.05) is 23.9 Å². The first-order valence-electron chi connectivity index (χ1n) is 17.4. The summed E-state index contributed by atoms with van der Waals surface area (Å²) in [7, 11) is 4.43. The van der Waals surface area contributed by atoms with Gasteiger partial charge in [0.1, 0.15) is 0 Å². The molecule has 50 heavy (non-hydrogen) atoms. The van der Waals surface area contributed by atoms with Crippen LogP contribution in [0.5, 0.6) is 0 Å². The van der Waals surface area contributed by atoms with Gasteiger partial charge in [-0.05, 0) is 70.9 Å². The molecule has 2 aliphatic heterocycles. The van der Waals surface area contributed by atoms with Crippen molar-refractivity contribution in [2.24, 2.45) is 0 Å². The molecule has 0 radical (unpaired) electrons. The van der Waals surface area contributed by atoms with Crippen molar-refractivity contribution in [3.05, 3.63) is 148 Å². The molecule has 1 aliphatic carbocycles. The van der Waals surface area contributed by atoms with Gasteiger partial charge in [-0.25, -0.2) is 0 Å². The number of benzene rings is 3. The minimum atomic E-state index is -0.0676. The summed E-state index contributed by atoms with van der Waals surface area (Å²) in [5, 5.41) is 9.31. The Kier molecular flexibility index (Phi) is 9.77. The fraction of sp³-hybridized carbons (Fsp3) is 0.302. The number of para-hydroxylation sites is 2. The Morgan fingerprint density at radius 1 is 0.860 bits per heavy atom. The van der Waals surface area contributed by atoms with Crippen LogP contribution < -0.4 is 9.80 Å². The van der Waals surface area contributed by atoms with Crippen molar-refractivity contribution in [1.82, 2.24) is 10.2 Å². The van der Waals surface area contributed by atoms with Crippen LogP contribution in [0, 0.1) is 0 Å². The molecule has 1 aromatic heterocycles. The summed E-state index contributed by atoms with van der Waals surface area (Å²) in [5.41, 5.74) is 11.9. The van der Waals surface area contributed by atoms with Crippen molar-refractivity contribution in [1.29, 1.82) is 0 Å². The Morgan fingerprint density at radius 2 is 1.56 bits per heavy atom. The van der Waals surface area contributed by atoms with Crippen LogP contribution in [-0.2, 0) is 16.6 Å². The smallest absolute Gasteiger partial charge is 0.179 e. The van der Waals surface area contributed by atoms with E-state index in [1.54, 1.807) is 34.9 Å². The Labute approximate surface area is 310 Å². The molecule has 256 valence electrons. The molecule has 0 amide bonds. The summed E-state index contributed by atoms with van der Waals surface area (Å²) in [6.07, 6.45) is 14.7. The highest BCUT2D eigenvalue weighted by atomic mass is 32.2. The van der Waals surface area contributed by atoms with Crippen LogP contribution in [0.4, 0.5) is 11.4 Å². The molecule has 0 fully saturated rings. The molecule has 1 unspecified atom stereocenters. The van der Waals surface area contributed by atoms with Crippen LogP contribution in [0.25, 0.3) is 6.08 Å². The number of thioether (sulfide) groups is 2. The van der Waals surface area contributed by atoms with Gasteiger partial charge in [0.15, 0.2) is 8.68 Å². The molecule has 0 bridgehead atoms. The minimum absolute atomic E-state index is 0.0124. The Bertz CT molecular complexity index is 2030. The van der Waals surface area contributed by atoms with E-state index in [1.807, 2.05) is 6.08 Å². The average molecular weight is 715 g/mol. The minimum Gasteiger partial charge on any atom is -0.367 e. The van der Waals surface area contributed by atoms with Crippen LogP contribution in [0.15, 0.2) is 134 Å². The molecule has 1 atom stereocenters. The van der Waals surface area contributed by atoms with E-state index in [-0.39, 0.29) is 16.9 Å². The van der Waals surface area contributed by atoms with Crippen LogP contribution in [0.3, 0.4) is 0 Å². The second kappa shape index (κ2) is 14.1. The van der Waals surface area contributed by atoms with E-state index < -0.39 is 0 Å². The van der Waals surface area contributed by atoms with E-state index in [0.29, 0.717) is 0 Å². The summed E-state index contributed by atoms with van der Waals surface area (Å²) < 4.78 is 1.99. The van der Waals surface area contributed by atoms with Gasteiger partial charge in [0.05, 0.1) is 6.04 Å². The predicted molar refractivity (Wildman–Crippen MR) is 218 cm³/mol. The van der Waals surface area contributed by atoms with E-state index in [4.69, 9.17) is 5.10 Å². The van der Waals surface area contributed by atoms with Crippen molar-refractivity contribution >= 4 is 52.3 Å². The third-order valence-electron chi connectivity index (χ3n) is 10.6. The Morgan fingerprint density at radius 3 is 2.28 bits per heavy atom. The van der Waals surface area contributed by atoms with Crippen molar-refractivity contribution in [3.8, 4) is 0 Å². The van der Waals surface area contributed by atoms with E-state index >= 15 is 0 Å². The van der Waals surface area contributed by atoms with Crippen LogP contribution in [0.2, 0.25) is 0 Å². The second-order valence-electron chi connectivity index (χ2n) is 14.5. The Hall–Kier alpha value is -3.78. The van der Waals surface area contributed by atoms with Gasteiger partial charge in [0, 0.05) is 52.7 Å². The number of hydrogen-bond donors (Lipinski definition) is 0. The summed E-state index contributed by atoms with van der Waals surface area (Å²) in [4.78, 5) is 6.13. The number of fused-ring (bicyclic) bond motifs is 2. The highest BCUT2D eigenvalue weighted by molar-refractivity contribution is 8.05. The largest absolute Gasteiger partial charge is 0.367 e. The number of anilines is 2. The van der Waals surface area contributed by atoms with Crippen molar-refractivity contribution in [3.63, 3.8) is 0 Å². The molecule has 4 nitrogen and oxygen atoms in total.